The maximum atomic E-state index is 14.0. The molecule has 1 aliphatic carbocycles. The van der Waals surface area contributed by atoms with Gasteiger partial charge in [-0.3, -0.25) is 19.0 Å². The van der Waals surface area contributed by atoms with E-state index in [9.17, 15) is 14.4 Å². The smallest absolute Gasteiger partial charge is 0.282 e. The van der Waals surface area contributed by atoms with Crippen LogP contribution in [0, 0.1) is 18.3 Å². The quantitative estimate of drug-likeness (QED) is 0.0968. The van der Waals surface area contributed by atoms with Crippen molar-refractivity contribution in [1.29, 1.82) is 0 Å². The molecule has 3 aliphatic heterocycles. The van der Waals surface area contributed by atoms with E-state index in [1.807, 2.05) is 64.4 Å². The molecule has 2 amide bonds. The number of nitrogens with zero attached hydrogens (tertiary/aromatic N) is 6. The lowest BCUT2D eigenvalue weighted by Crippen LogP contribution is -2.58. The summed E-state index contributed by atoms with van der Waals surface area (Å²) in [5.74, 6) is 7.96. The van der Waals surface area contributed by atoms with Crippen LogP contribution in [-0.4, -0.2) is 79.9 Å². The normalized spacial score (nSPS) is 19.8. The summed E-state index contributed by atoms with van der Waals surface area (Å²) < 4.78 is 2.15. The van der Waals surface area contributed by atoms with E-state index in [0.29, 0.717) is 35.2 Å². The van der Waals surface area contributed by atoms with Gasteiger partial charge in [0.2, 0.25) is 11.8 Å². The molecule has 5 heterocycles. The van der Waals surface area contributed by atoms with Crippen LogP contribution in [0.4, 0.5) is 0 Å². The molecular weight excluding hydrogens is 890 g/mol. The van der Waals surface area contributed by atoms with E-state index >= 15 is 0 Å². The van der Waals surface area contributed by atoms with Crippen molar-refractivity contribution in [2.24, 2.45) is 22.9 Å². The Balaban J connectivity index is 0.000000195. The third-order valence-corrected chi connectivity index (χ3v) is 16.2. The summed E-state index contributed by atoms with van der Waals surface area (Å²) in [5, 5.41) is 5.61. The second-order valence-electron chi connectivity index (χ2n) is 21.2. The molecular formula is C54H70ClN9O3S. The highest BCUT2D eigenvalue weighted by atomic mass is 35.5. The molecule has 5 N–H and O–H groups in total. The Bertz CT molecular complexity index is 2730. The van der Waals surface area contributed by atoms with E-state index in [2.05, 4.69) is 76.0 Å². The molecule has 0 spiro atoms. The first kappa shape index (κ1) is 49.3. The largest absolute Gasteiger partial charge is 0.401 e. The van der Waals surface area contributed by atoms with Crippen LogP contribution in [0.2, 0.25) is 5.02 Å². The molecule has 9 rings (SSSR count). The van der Waals surface area contributed by atoms with Crippen LogP contribution in [0.25, 0.3) is 27.0 Å². The number of likely N-dealkylation sites (tertiary alicyclic amines) is 2. The number of carbonyl (C=O) groups is 2. The standard InChI is InChI=1S/C31H46N6O2S.C23H24ClN3O/c1-20(22-13-15-24(16-14-22)27-21(2)34-19-40-27)35-29(38)26-12-9-17-36(26)30(39)28(31(3,4)5)37(33)18-25(32)23-10-7-6-8-11-23;1-23(2)16-8-7-15(14-9-11-26(3)12-10-14)13-19(16)27-18-6-4-5-17(24)20(18)21(28)25-22(23)27/h13-16,18-20,23,26,28H,6-12,17,32-33H2,1-5H3,(H,35,38);4-8,13-14H,9-12H2,1-3H3/b25-18-;. The minimum Gasteiger partial charge on any atom is -0.401 e. The number of hydrazine groups is 1. The summed E-state index contributed by atoms with van der Waals surface area (Å²) in [7, 11) is 2.19. The van der Waals surface area contributed by atoms with Crippen molar-refractivity contribution >= 4 is 45.7 Å². The summed E-state index contributed by atoms with van der Waals surface area (Å²) in [6.45, 7) is 17.1. The van der Waals surface area contributed by atoms with Gasteiger partial charge in [-0.15, -0.1) is 11.3 Å². The van der Waals surface area contributed by atoms with E-state index in [-0.39, 0.29) is 28.8 Å². The summed E-state index contributed by atoms with van der Waals surface area (Å²) in [4.78, 5) is 54.3. The monoisotopic (exact) mass is 960 g/mol. The number of carbonyl (C=O) groups excluding carboxylic acids is 2. The summed E-state index contributed by atoms with van der Waals surface area (Å²) in [5.41, 5.74) is 15.7. The number of aromatic nitrogens is 3. The fourth-order valence-corrected chi connectivity index (χ4v) is 12.0. The van der Waals surface area contributed by atoms with Gasteiger partial charge >= 0.3 is 0 Å². The van der Waals surface area contributed by atoms with Crippen LogP contribution in [0.1, 0.15) is 139 Å². The predicted molar refractivity (Wildman–Crippen MR) is 276 cm³/mol. The molecule has 3 atom stereocenters. The molecule has 3 fully saturated rings. The lowest BCUT2D eigenvalue weighted by Gasteiger charge is -2.39. The Morgan fingerprint density at radius 3 is 2.34 bits per heavy atom. The average molecular weight is 961 g/mol. The minimum absolute atomic E-state index is 0.128. The first-order valence-corrected chi connectivity index (χ1v) is 25.8. The highest BCUT2D eigenvalue weighted by Gasteiger charge is 2.44. The number of hydrogen-bond acceptors (Lipinski definition) is 10. The van der Waals surface area contributed by atoms with Crippen molar-refractivity contribution in [3.63, 3.8) is 0 Å². The third kappa shape index (κ3) is 10.00. The van der Waals surface area contributed by atoms with Crippen LogP contribution in [0.15, 0.2) is 82.9 Å². The number of rotatable bonds is 9. The van der Waals surface area contributed by atoms with Crippen molar-refractivity contribution in [2.75, 3.05) is 26.7 Å². The minimum atomic E-state index is -0.636. The Hall–Kier alpha value is -5.08. The van der Waals surface area contributed by atoms with Gasteiger partial charge in [-0.25, -0.2) is 10.8 Å². The SMILES string of the molecule is CN1CCC(c2ccc3c(c2)-n2c(nc(=O)c4c(Cl)cccc42)C3(C)C)CC1.Cc1ncsc1-c1ccc(C(C)NC(=O)C2CCCN2C(=O)C(N(N)/C=C(\N)C2CCCCC2)C(C)(C)C)cc1. The highest BCUT2D eigenvalue weighted by Crippen LogP contribution is 2.45. The number of amides is 2. The fourth-order valence-electron chi connectivity index (χ4n) is 11.0. The van der Waals surface area contributed by atoms with Crippen LogP contribution in [-0.2, 0) is 15.0 Å². The lowest BCUT2D eigenvalue weighted by atomic mass is 9.83. The van der Waals surface area contributed by atoms with Gasteiger partial charge in [0.15, 0.2) is 0 Å². The van der Waals surface area contributed by atoms with Gasteiger partial charge in [0.05, 0.1) is 49.2 Å². The Kier molecular flexibility index (Phi) is 14.6. The number of nitrogens with two attached hydrogens (primary N) is 2. The van der Waals surface area contributed by atoms with Crippen LogP contribution >= 0.6 is 22.9 Å². The molecule has 362 valence electrons. The zero-order valence-electron chi connectivity index (χ0n) is 41.1. The molecule has 3 aromatic carbocycles. The van der Waals surface area contributed by atoms with Gasteiger partial charge in [0, 0.05) is 18.4 Å². The topological polar surface area (TPSA) is 156 Å². The first-order chi connectivity index (χ1) is 32.3. The van der Waals surface area contributed by atoms with Crippen molar-refractivity contribution < 1.29 is 9.59 Å². The zero-order valence-corrected chi connectivity index (χ0v) is 42.7. The van der Waals surface area contributed by atoms with Crippen molar-refractivity contribution in [3.05, 3.63) is 122 Å². The van der Waals surface area contributed by atoms with Gasteiger partial charge in [0.25, 0.3) is 5.56 Å². The van der Waals surface area contributed by atoms with E-state index in [4.69, 9.17) is 23.2 Å². The van der Waals surface area contributed by atoms with E-state index in [1.54, 1.807) is 28.5 Å². The first-order valence-electron chi connectivity index (χ1n) is 24.5. The van der Waals surface area contributed by atoms with Gasteiger partial charge in [-0.1, -0.05) is 94.1 Å². The Morgan fingerprint density at radius 2 is 1.68 bits per heavy atom. The molecule has 68 heavy (non-hydrogen) atoms. The second-order valence-corrected chi connectivity index (χ2v) is 22.4. The predicted octanol–water partition coefficient (Wildman–Crippen LogP) is 9.75. The maximum Gasteiger partial charge on any atom is 0.282 e. The molecule has 2 saturated heterocycles. The molecule has 12 nitrogen and oxygen atoms in total. The number of benzene rings is 3. The zero-order chi connectivity index (χ0) is 48.7. The lowest BCUT2D eigenvalue weighted by molar-refractivity contribution is -0.145. The molecule has 3 unspecified atom stereocenters. The molecule has 14 heteroatoms. The molecule has 5 aromatic rings. The average Bonchev–Trinajstić information content (AvgIpc) is 4.03. The molecule has 1 saturated carbocycles. The number of halogens is 1. The molecule has 0 radical (unpaired) electrons. The molecule has 4 aliphatic rings. The van der Waals surface area contributed by atoms with Gasteiger partial charge in [-0.05, 0) is 144 Å². The van der Waals surface area contributed by atoms with E-state index < -0.39 is 17.5 Å². The van der Waals surface area contributed by atoms with Crippen LogP contribution in [0.5, 0.6) is 0 Å². The van der Waals surface area contributed by atoms with Crippen LogP contribution < -0.4 is 22.5 Å². The summed E-state index contributed by atoms with van der Waals surface area (Å²) in [6, 6.07) is 19.3. The number of thiazole rings is 1. The Labute approximate surface area is 411 Å². The van der Waals surface area contributed by atoms with Crippen molar-refractivity contribution in [2.45, 2.75) is 136 Å². The van der Waals surface area contributed by atoms with Gasteiger partial charge < -0.3 is 25.9 Å². The fraction of sp³-hybridized carbons (Fsp3) is 0.500. The number of fused-ring (bicyclic) bond motifs is 5. The maximum absolute atomic E-state index is 14.0. The number of piperidine rings is 1. The molecule has 2 aromatic heterocycles. The number of nitrogens with one attached hydrogen (secondary N) is 1. The highest BCUT2D eigenvalue weighted by molar-refractivity contribution is 7.13. The van der Waals surface area contributed by atoms with E-state index in [0.717, 1.165) is 76.8 Å². The van der Waals surface area contributed by atoms with Crippen LogP contribution in [0.3, 0.4) is 0 Å². The number of hydrogen-bond donors (Lipinski definition) is 3. The van der Waals surface area contributed by atoms with Crippen molar-refractivity contribution in [1.82, 2.24) is 34.7 Å². The summed E-state index contributed by atoms with van der Waals surface area (Å²) in [6.07, 6.45) is 11.2. The molecule has 0 bridgehead atoms. The van der Waals surface area contributed by atoms with Gasteiger partial charge in [0.1, 0.15) is 17.9 Å². The Morgan fingerprint density at radius 1 is 0.971 bits per heavy atom. The summed E-state index contributed by atoms with van der Waals surface area (Å²) >= 11 is 7.99. The number of allylic oxidation sites excluding steroid dienone is 1. The number of aryl methyl sites for hydroxylation is 1. The van der Waals surface area contributed by atoms with Crippen molar-refractivity contribution in [3.8, 4) is 16.1 Å². The second kappa shape index (κ2) is 20.1. The third-order valence-electron chi connectivity index (χ3n) is 14.9. The van der Waals surface area contributed by atoms with Gasteiger partial charge in [-0.2, -0.15) is 4.98 Å². The van der Waals surface area contributed by atoms with E-state index in [1.165, 1.54) is 48.2 Å².